The van der Waals surface area contributed by atoms with Crippen molar-refractivity contribution in [1.82, 2.24) is 14.9 Å². The second-order valence-corrected chi connectivity index (χ2v) is 7.99. The summed E-state index contributed by atoms with van der Waals surface area (Å²) in [5, 5.41) is 3.59. The Morgan fingerprint density at radius 3 is 2.50 bits per heavy atom. The van der Waals surface area contributed by atoms with Crippen molar-refractivity contribution < 1.29 is 9.53 Å². The van der Waals surface area contributed by atoms with E-state index in [-0.39, 0.29) is 5.91 Å². The summed E-state index contributed by atoms with van der Waals surface area (Å²) in [5.74, 6) is 1.77. The highest BCUT2D eigenvalue weighted by atomic mass is 35.5. The number of nitrogens with zero attached hydrogens (tertiary/aromatic N) is 2. The van der Waals surface area contributed by atoms with E-state index in [4.69, 9.17) is 21.3 Å². The van der Waals surface area contributed by atoms with Crippen LogP contribution in [0.4, 0.5) is 0 Å². The zero-order valence-corrected chi connectivity index (χ0v) is 18.6. The topological polar surface area (TPSA) is 56.2 Å². The van der Waals surface area contributed by atoms with Crippen molar-refractivity contribution in [3.05, 3.63) is 95.3 Å². The van der Waals surface area contributed by atoms with Crippen molar-refractivity contribution in [1.29, 1.82) is 0 Å². The van der Waals surface area contributed by atoms with Gasteiger partial charge < -0.3 is 14.6 Å². The van der Waals surface area contributed by atoms with Crippen LogP contribution in [-0.2, 0) is 13.0 Å². The van der Waals surface area contributed by atoms with Gasteiger partial charge in [-0.25, -0.2) is 4.98 Å². The molecule has 1 heterocycles. The first kappa shape index (κ1) is 21.9. The number of carbonyl (C=O) groups is 1. The van der Waals surface area contributed by atoms with Crippen molar-refractivity contribution >= 4 is 28.5 Å². The Labute approximate surface area is 193 Å². The lowest BCUT2D eigenvalue weighted by Gasteiger charge is -2.11. The Balaban J connectivity index is 1.33. The average Bonchev–Trinajstić information content (AvgIpc) is 3.17. The minimum Gasteiger partial charge on any atom is -0.494 e. The SMILES string of the molecule is O=C(NCCc1nc2ccccc2n1CCCCOc1ccccc1)c1ccc(Cl)cc1. The number of aromatic nitrogens is 2. The molecule has 1 amide bonds. The van der Waals surface area contributed by atoms with Crippen LogP contribution in [0.5, 0.6) is 5.75 Å². The molecule has 0 aliphatic heterocycles. The van der Waals surface area contributed by atoms with Crippen LogP contribution in [0.3, 0.4) is 0 Å². The summed E-state index contributed by atoms with van der Waals surface area (Å²) in [6.07, 6.45) is 2.60. The maximum absolute atomic E-state index is 12.4. The van der Waals surface area contributed by atoms with Gasteiger partial charge in [0.1, 0.15) is 11.6 Å². The summed E-state index contributed by atoms with van der Waals surface area (Å²) in [6, 6.07) is 24.9. The molecular formula is C26H26ClN3O2. The van der Waals surface area contributed by atoms with Gasteiger partial charge in [-0.1, -0.05) is 41.9 Å². The molecule has 1 N–H and O–H groups in total. The Kier molecular flexibility index (Phi) is 7.41. The van der Waals surface area contributed by atoms with Crippen molar-refractivity contribution in [3.63, 3.8) is 0 Å². The lowest BCUT2D eigenvalue weighted by atomic mass is 10.2. The number of halogens is 1. The molecule has 6 heteroatoms. The molecular weight excluding hydrogens is 422 g/mol. The number of rotatable bonds is 10. The largest absolute Gasteiger partial charge is 0.494 e. The average molecular weight is 448 g/mol. The standard InChI is InChI=1S/C26H26ClN3O2/c27-21-14-12-20(13-15-21)26(31)28-17-16-25-29-23-10-4-5-11-24(23)30(25)18-6-7-19-32-22-8-2-1-3-9-22/h1-5,8-15H,6-7,16-19H2,(H,28,31). The van der Waals surface area contributed by atoms with Gasteiger partial charge in [0.2, 0.25) is 0 Å². The number of ether oxygens (including phenoxy) is 1. The maximum atomic E-state index is 12.4. The molecule has 32 heavy (non-hydrogen) atoms. The van der Waals surface area contributed by atoms with Gasteiger partial charge in [0, 0.05) is 30.1 Å². The molecule has 0 fully saturated rings. The van der Waals surface area contributed by atoms with Gasteiger partial charge in [-0.05, 0) is 61.4 Å². The van der Waals surface area contributed by atoms with Gasteiger partial charge in [0.05, 0.1) is 17.6 Å². The van der Waals surface area contributed by atoms with E-state index >= 15 is 0 Å². The molecule has 0 bridgehead atoms. The van der Waals surface area contributed by atoms with Crippen LogP contribution in [-0.4, -0.2) is 28.6 Å². The molecule has 4 rings (SSSR count). The third-order valence-electron chi connectivity index (χ3n) is 5.26. The minimum atomic E-state index is -0.109. The Hall–Kier alpha value is -3.31. The third-order valence-corrected chi connectivity index (χ3v) is 5.51. The minimum absolute atomic E-state index is 0.109. The molecule has 164 valence electrons. The molecule has 0 radical (unpaired) electrons. The number of fused-ring (bicyclic) bond motifs is 1. The molecule has 0 aliphatic carbocycles. The monoisotopic (exact) mass is 447 g/mol. The van der Waals surface area contributed by atoms with E-state index in [9.17, 15) is 4.79 Å². The van der Waals surface area contributed by atoms with Crippen molar-refractivity contribution in [2.24, 2.45) is 0 Å². The summed E-state index contributed by atoms with van der Waals surface area (Å²) in [6.45, 7) is 2.06. The number of hydrogen-bond donors (Lipinski definition) is 1. The highest BCUT2D eigenvalue weighted by Gasteiger charge is 2.11. The molecule has 4 aromatic rings. The number of nitrogens with one attached hydrogen (secondary N) is 1. The highest BCUT2D eigenvalue weighted by molar-refractivity contribution is 6.30. The molecule has 0 saturated carbocycles. The first-order chi connectivity index (χ1) is 15.7. The van der Waals surface area contributed by atoms with E-state index in [1.54, 1.807) is 24.3 Å². The summed E-state index contributed by atoms with van der Waals surface area (Å²) >= 11 is 5.90. The van der Waals surface area contributed by atoms with E-state index < -0.39 is 0 Å². The van der Waals surface area contributed by atoms with Crippen LogP contribution in [0.15, 0.2) is 78.9 Å². The predicted molar refractivity (Wildman–Crippen MR) is 128 cm³/mol. The molecule has 5 nitrogen and oxygen atoms in total. The fraction of sp³-hybridized carbons (Fsp3) is 0.231. The Morgan fingerprint density at radius 2 is 1.69 bits per heavy atom. The zero-order chi connectivity index (χ0) is 22.2. The van der Waals surface area contributed by atoms with Gasteiger partial charge in [-0.3, -0.25) is 4.79 Å². The Bertz CT molecular complexity index is 1160. The number of benzene rings is 3. The van der Waals surface area contributed by atoms with E-state index in [1.807, 2.05) is 48.5 Å². The molecule has 0 saturated heterocycles. The van der Waals surface area contributed by atoms with Crippen LogP contribution in [0.1, 0.15) is 29.0 Å². The molecule has 0 spiro atoms. The number of aryl methyl sites for hydroxylation is 1. The fourth-order valence-corrected chi connectivity index (χ4v) is 3.76. The number of para-hydroxylation sites is 3. The first-order valence-electron chi connectivity index (χ1n) is 10.9. The third kappa shape index (κ3) is 5.68. The molecule has 3 aromatic carbocycles. The summed E-state index contributed by atoms with van der Waals surface area (Å²) in [4.78, 5) is 17.2. The number of amides is 1. The smallest absolute Gasteiger partial charge is 0.251 e. The summed E-state index contributed by atoms with van der Waals surface area (Å²) in [5.41, 5.74) is 2.70. The van der Waals surface area contributed by atoms with Crippen LogP contribution < -0.4 is 10.1 Å². The van der Waals surface area contributed by atoms with E-state index in [1.165, 1.54) is 0 Å². The van der Waals surface area contributed by atoms with E-state index in [2.05, 4.69) is 16.0 Å². The highest BCUT2D eigenvalue weighted by Crippen LogP contribution is 2.18. The molecule has 0 unspecified atom stereocenters. The van der Waals surface area contributed by atoms with Crippen LogP contribution in [0.25, 0.3) is 11.0 Å². The molecule has 0 aliphatic rings. The number of imidazole rings is 1. The van der Waals surface area contributed by atoms with Crippen molar-refractivity contribution in [2.45, 2.75) is 25.8 Å². The lowest BCUT2D eigenvalue weighted by molar-refractivity contribution is 0.0954. The van der Waals surface area contributed by atoms with Crippen molar-refractivity contribution in [2.75, 3.05) is 13.2 Å². The van der Waals surface area contributed by atoms with E-state index in [0.29, 0.717) is 30.2 Å². The number of unbranched alkanes of at least 4 members (excludes halogenated alkanes) is 1. The normalized spacial score (nSPS) is 10.9. The second kappa shape index (κ2) is 10.8. The van der Waals surface area contributed by atoms with Gasteiger partial charge in [0.25, 0.3) is 5.91 Å². The van der Waals surface area contributed by atoms with Gasteiger partial charge in [0.15, 0.2) is 0 Å². The van der Waals surface area contributed by atoms with Crippen LogP contribution in [0.2, 0.25) is 5.02 Å². The van der Waals surface area contributed by atoms with Crippen LogP contribution in [0, 0.1) is 0 Å². The quantitative estimate of drug-likeness (QED) is 0.325. The first-order valence-corrected chi connectivity index (χ1v) is 11.2. The van der Waals surface area contributed by atoms with Crippen LogP contribution >= 0.6 is 11.6 Å². The number of hydrogen-bond acceptors (Lipinski definition) is 3. The molecule has 0 atom stereocenters. The van der Waals surface area contributed by atoms with Crippen molar-refractivity contribution in [3.8, 4) is 5.75 Å². The molecule has 1 aromatic heterocycles. The predicted octanol–water partition coefficient (Wildman–Crippen LogP) is 5.52. The maximum Gasteiger partial charge on any atom is 0.251 e. The second-order valence-electron chi connectivity index (χ2n) is 7.55. The van der Waals surface area contributed by atoms with Gasteiger partial charge in [-0.2, -0.15) is 0 Å². The zero-order valence-electron chi connectivity index (χ0n) is 17.8. The summed E-state index contributed by atoms with van der Waals surface area (Å²) < 4.78 is 8.06. The van der Waals surface area contributed by atoms with E-state index in [0.717, 1.165) is 42.0 Å². The van der Waals surface area contributed by atoms with Gasteiger partial charge in [-0.15, -0.1) is 0 Å². The Morgan fingerprint density at radius 1 is 0.938 bits per heavy atom. The van der Waals surface area contributed by atoms with Gasteiger partial charge >= 0.3 is 0 Å². The fourth-order valence-electron chi connectivity index (χ4n) is 3.64. The summed E-state index contributed by atoms with van der Waals surface area (Å²) in [7, 11) is 0. The number of carbonyl (C=O) groups excluding carboxylic acids is 1. The lowest BCUT2D eigenvalue weighted by Crippen LogP contribution is -2.26.